The third kappa shape index (κ3) is 3.92. The summed E-state index contributed by atoms with van der Waals surface area (Å²) in [6.07, 6.45) is -1.54. The van der Waals surface area contributed by atoms with Gasteiger partial charge in [0, 0.05) is 20.0 Å². The molecule has 0 bridgehead atoms. The standard InChI is InChI=1S/C11H14F3N5O2/c1-19-6-8(5-16-19)21-7-9(20)15-4-2-3-10(17-18-10)11(12,13)14/h5-6H,2-4,7H2,1H3,(H,15,20). The maximum atomic E-state index is 12.5. The highest BCUT2D eigenvalue weighted by molar-refractivity contribution is 5.77. The van der Waals surface area contributed by atoms with Gasteiger partial charge >= 0.3 is 6.18 Å². The number of amides is 1. The number of alkyl halides is 3. The average molecular weight is 305 g/mol. The molecule has 0 saturated carbocycles. The molecule has 2 rings (SSSR count). The van der Waals surface area contributed by atoms with Crippen LogP contribution in [0.25, 0.3) is 0 Å². The van der Waals surface area contributed by atoms with E-state index in [-0.39, 0.29) is 26.0 Å². The Morgan fingerprint density at radius 2 is 2.19 bits per heavy atom. The lowest BCUT2D eigenvalue weighted by molar-refractivity contribution is -0.165. The first-order valence-electron chi connectivity index (χ1n) is 6.21. The van der Waals surface area contributed by atoms with Crippen LogP contribution in [0.4, 0.5) is 13.2 Å². The summed E-state index contributed by atoms with van der Waals surface area (Å²) < 4.78 is 44.1. The third-order valence-corrected chi connectivity index (χ3v) is 2.87. The Hall–Kier alpha value is -2.13. The average Bonchev–Trinajstić information content (AvgIpc) is 3.09. The molecular formula is C11H14F3N5O2. The zero-order valence-corrected chi connectivity index (χ0v) is 11.2. The van der Waals surface area contributed by atoms with E-state index in [0.717, 1.165) is 0 Å². The lowest BCUT2D eigenvalue weighted by Gasteiger charge is -2.14. The molecule has 0 unspecified atom stereocenters. The predicted octanol–water partition coefficient (Wildman–Crippen LogP) is 1.42. The molecule has 1 aliphatic heterocycles. The molecule has 1 aliphatic rings. The molecule has 0 aromatic carbocycles. The molecule has 0 spiro atoms. The van der Waals surface area contributed by atoms with Gasteiger partial charge in [0.05, 0.1) is 12.4 Å². The fraction of sp³-hybridized carbons (Fsp3) is 0.636. The van der Waals surface area contributed by atoms with Crippen LogP contribution in [-0.2, 0) is 11.8 Å². The van der Waals surface area contributed by atoms with Crippen LogP contribution in [0.1, 0.15) is 12.8 Å². The Bertz CT molecular complexity index is 534. The van der Waals surface area contributed by atoms with Gasteiger partial charge in [-0.1, -0.05) is 0 Å². The molecule has 10 heteroatoms. The van der Waals surface area contributed by atoms with Crippen LogP contribution < -0.4 is 10.1 Å². The van der Waals surface area contributed by atoms with Gasteiger partial charge < -0.3 is 10.1 Å². The van der Waals surface area contributed by atoms with Crippen LogP contribution in [0.15, 0.2) is 22.6 Å². The number of aromatic nitrogens is 2. The number of carbonyl (C=O) groups is 1. The SMILES string of the molecule is Cn1cc(OCC(=O)NCCCC2(C(F)(F)F)N=N2)cn1. The number of halogens is 3. The summed E-state index contributed by atoms with van der Waals surface area (Å²) in [4.78, 5) is 11.4. The van der Waals surface area contributed by atoms with Crippen molar-refractivity contribution >= 4 is 5.91 Å². The number of hydrogen-bond donors (Lipinski definition) is 1. The fourth-order valence-corrected chi connectivity index (χ4v) is 1.65. The molecule has 1 amide bonds. The molecule has 0 aliphatic carbocycles. The Labute approximate surface area is 118 Å². The molecule has 0 atom stereocenters. The second-order valence-electron chi connectivity index (χ2n) is 4.61. The molecule has 116 valence electrons. The second-order valence-corrected chi connectivity index (χ2v) is 4.61. The number of rotatable bonds is 7. The van der Waals surface area contributed by atoms with Crippen LogP contribution >= 0.6 is 0 Å². The van der Waals surface area contributed by atoms with E-state index >= 15 is 0 Å². The predicted molar refractivity (Wildman–Crippen MR) is 64.6 cm³/mol. The minimum Gasteiger partial charge on any atom is -0.480 e. The summed E-state index contributed by atoms with van der Waals surface area (Å²) in [6.45, 7) is -0.108. The van der Waals surface area contributed by atoms with Crippen LogP contribution in [0, 0.1) is 0 Å². The third-order valence-electron chi connectivity index (χ3n) is 2.87. The van der Waals surface area contributed by atoms with Crippen molar-refractivity contribution in [3.63, 3.8) is 0 Å². The summed E-state index contributed by atoms with van der Waals surface area (Å²) in [6, 6.07) is 0. The zero-order valence-electron chi connectivity index (χ0n) is 11.2. The van der Waals surface area contributed by atoms with Gasteiger partial charge in [0.2, 0.25) is 0 Å². The highest BCUT2D eigenvalue weighted by Gasteiger charge is 2.63. The lowest BCUT2D eigenvalue weighted by Crippen LogP contribution is -2.35. The number of aryl methyl sites for hydroxylation is 1. The summed E-state index contributed by atoms with van der Waals surface area (Å²) in [5, 5.41) is 12.4. The van der Waals surface area contributed by atoms with Crippen molar-refractivity contribution < 1.29 is 22.7 Å². The molecule has 0 radical (unpaired) electrons. The smallest absolute Gasteiger partial charge is 0.437 e. The van der Waals surface area contributed by atoms with Crippen molar-refractivity contribution in [2.24, 2.45) is 17.3 Å². The quantitative estimate of drug-likeness (QED) is 0.774. The van der Waals surface area contributed by atoms with Gasteiger partial charge in [0.25, 0.3) is 11.6 Å². The van der Waals surface area contributed by atoms with Gasteiger partial charge in [-0.05, 0) is 6.42 Å². The molecule has 0 saturated heterocycles. The van der Waals surface area contributed by atoms with Gasteiger partial charge in [0.15, 0.2) is 12.4 Å². The Balaban J connectivity index is 1.60. The van der Waals surface area contributed by atoms with E-state index < -0.39 is 17.7 Å². The number of ether oxygens (including phenoxy) is 1. The van der Waals surface area contributed by atoms with Gasteiger partial charge in [-0.25, -0.2) is 0 Å². The number of nitrogens with one attached hydrogen (secondary N) is 1. The summed E-state index contributed by atoms with van der Waals surface area (Å²) in [5.74, 6) is 0.0313. The fourth-order valence-electron chi connectivity index (χ4n) is 1.65. The zero-order chi connectivity index (χ0) is 15.5. The highest BCUT2D eigenvalue weighted by atomic mass is 19.4. The van der Waals surface area contributed by atoms with Gasteiger partial charge in [-0.3, -0.25) is 9.48 Å². The van der Waals surface area contributed by atoms with E-state index in [4.69, 9.17) is 4.74 Å². The lowest BCUT2D eigenvalue weighted by atomic mass is 10.1. The van der Waals surface area contributed by atoms with Gasteiger partial charge in [-0.2, -0.15) is 18.3 Å². The summed E-state index contributed by atoms with van der Waals surface area (Å²) in [7, 11) is 1.71. The first kappa shape index (κ1) is 15.3. The maximum Gasteiger partial charge on any atom is 0.437 e. The second kappa shape index (κ2) is 5.70. The van der Waals surface area contributed by atoms with E-state index in [9.17, 15) is 18.0 Å². The normalized spacial score (nSPS) is 15.8. The monoisotopic (exact) mass is 305 g/mol. The van der Waals surface area contributed by atoms with Crippen molar-refractivity contribution in [2.75, 3.05) is 13.2 Å². The van der Waals surface area contributed by atoms with E-state index in [1.54, 1.807) is 13.2 Å². The first-order chi connectivity index (χ1) is 9.82. The topological polar surface area (TPSA) is 80.9 Å². The van der Waals surface area contributed by atoms with Crippen LogP contribution in [0.5, 0.6) is 5.75 Å². The highest BCUT2D eigenvalue weighted by Crippen LogP contribution is 2.47. The number of nitrogens with zero attached hydrogens (tertiary/aromatic N) is 4. The minimum absolute atomic E-state index is 0.109. The van der Waals surface area contributed by atoms with Crippen molar-refractivity contribution in [2.45, 2.75) is 24.7 Å². The molecular weight excluding hydrogens is 291 g/mol. The van der Waals surface area contributed by atoms with Crippen LogP contribution in [0.3, 0.4) is 0 Å². The Kier molecular flexibility index (Phi) is 4.14. The van der Waals surface area contributed by atoms with Gasteiger partial charge in [0.1, 0.15) is 0 Å². The Morgan fingerprint density at radius 1 is 1.48 bits per heavy atom. The van der Waals surface area contributed by atoms with Gasteiger partial charge in [-0.15, -0.1) is 10.2 Å². The van der Waals surface area contributed by atoms with Crippen molar-refractivity contribution in [1.82, 2.24) is 15.1 Å². The summed E-state index contributed by atoms with van der Waals surface area (Å²) in [5.41, 5.74) is -2.25. The van der Waals surface area contributed by atoms with Crippen molar-refractivity contribution in [1.29, 1.82) is 0 Å². The van der Waals surface area contributed by atoms with E-state index in [0.29, 0.717) is 5.75 Å². The minimum atomic E-state index is -4.46. The van der Waals surface area contributed by atoms with Crippen LogP contribution in [-0.4, -0.2) is 40.7 Å². The van der Waals surface area contributed by atoms with Crippen molar-refractivity contribution in [3.05, 3.63) is 12.4 Å². The molecule has 1 N–H and O–H groups in total. The molecule has 2 heterocycles. The molecule has 1 aromatic rings. The summed E-state index contributed by atoms with van der Waals surface area (Å²) >= 11 is 0. The number of hydrogen-bond acceptors (Lipinski definition) is 5. The molecule has 21 heavy (non-hydrogen) atoms. The van der Waals surface area contributed by atoms with E-state index in [1.165, 1.54) is 10.9 Å². The van der Waals surface area contributed by atoms with Crippen LogP contribution in [0.2, 0.25) is 0 Å². The van der Waals surface area contributed by atoms with E-state index in [1.807, 2.05) is 0 Å². The Morgan fingerprint density at radius 3 is 2.71 bits per heavy atom. The first-order valence-corrected chi connectivity index (χ1v) is 6.21. The van der Waals surface area contributed by atoms with E-state index in [2.05, 4.69) is 20.6 Å². The number of carbonyl (C=O) groups excluding carboxylic acids is 1. The largest absolute Gasteiger partial charge is 0.480 e. The van der Waals surface area contributed by atoms with Crippen molar-refractivity contribution in [3.8, 4) is 5.75 Å². The molecule has 0 fully saturated rings. The molecule has 1 aromatic heterocycles. The maximum absolute atomic E-state index is 12.5. The molecule has 7 nitrogen and oxygen atoms in total.